The number of nitro benzene ring substituents is 1. The molecule has 0 amide bonds. The van der Waals surface area contributed by atoms with Crippen LogP contribution in [0.25, 0.3) is 0 Å². The van der Waals surface area contributed by atoms with Gasteiger partial charge in [-0.15, -0.1) is 0 Å². The lowest BCUT2D eigenvalue weighted by Crippen LogP contribution is -1.95. The van der Waals surface area contributed by atoms with Crippen molar-refractivity contribution in [1.29, 1.82) is 0 Å². The summed E-state index contributed by atoms with van der Waals surface area (Å²) in [5.74, 6) is 0. The molecule has 13 heavy (non-hydrogen) atoms. The summed E-state index contributed by atoms with van der Waals surface area (Å²) < 4.78 is 0. The molecule has 0 bridgehead atoms. The van der Waals surface area contributed by atoms with Gasteiger partial charge in [0.2, 0.25) is 0 Å². The summed E-state index contributed by atoms with van der Waals surface area (Å²) in [5, 5.41) is 11.4. The van der Waals surface area contributed by atoms with Crippen molar-refractivity contribution in [3.63, 3.8) is 0 Å². The number of halogens is 2. The first-order valence-electron chi connectivity index (χ1n) is 3.56. The van der Waals surface area contributed by atoms with Gasteiger partial charge in [0.05, 0.1) is 4.92 Å². The summed E-state index contributed by atoms with van der Waals surface area (Å²) in [6, 6.07) is 3.47. The van der Waals surface area contributed by atoms with Crippen LogP contribution in [0.3, 0.4) is 0 Å². The maximum Gasteiger partial charge on any atom is 0.291 e. The van der Waals surface area contributed by atoms with Gasteiger partial charge in [0.1, 0.15) is 5.02 Å². The summed E-state index contributed by atoms with van der Waals surface area (Å²) in [5.41, 5.74) is 1.32. The van der Waals surface area contributed by atoms with Crippen LogP contribution >= 0.6 is 27.5 Å². The van der Waals surface area contributed by atoms with Crippen LogP contribution in [0.2, 0.25) is 5.02 Å². The Labute approximate surface area is 89.0 Å². The topological polar surface area (TPSA) is 43.1 Å². The second kappa shape index (κ2) is 4.07. The van der Waals surface area contributed by atoms with Crippen LogP contribution in [0.1, 0.15) is 11.1 Å². The van der Waals surface area contributed by atoms with Crippen LogP contribution in [-0.4, -0.2) is 4.92 Å². The molecule has 0 heterocycles. The highest BCUT2D eigenvalue weighted by molar-refractivity contribution is 9.08. The second-order valence-electron chi connectivity index (χ2n) is 2.59. The Bertz CT molecular complexity index is 354. The van der Waals surface area contributed by atoms with Crippen molar-refractivity contribution in [1.82, 2.24) is 0 Å². The van der Waals surface area contributed by atoms with E-state index in [1.165, 1.54) is 0 Å². The first-order valence-corrected chi connectivity index (χ1v) is 5.06. The Morgan fingerprint density at radius 2 is 2.23 bits per heavy atom. The average molecular weight is 265 g/mol. The fraction of sp³-hybridized carbons (Fsp3) is 0.250. The van der Waals surface area contributed by atoms with E-state index in [1.807, 2.05) is 0 Å². The molecule has 0 aliphatic carbocycles. The maximum absolute atomic E-state index is 10.6. The highest BCUT2D eigenvalue weighted by Crippen LogP contribution is 2.32. The predicted molar refractivity (Wildman–Crippen MR) is 55.5 cm³/mol. The molecule has 0 aromatic heterocycles. The van der Waals surface area contributed by atoms with E-state index in [0.29, 0.717) is 10.9 Å². The molecule has 0 aliphatic heterocycles. The third-order valence-corrected chi connectivity index (χ3v) is 2.75. The molecule has 0 saturated carbocycles. The van der Waals surface area contributed by atoms with Crippen LogP contribution in [0, 0.1) is 17.0 Å². The quantitative estimate of drug-likeness (QED) is 0.466. The average Bonchev–Trinajstić information content (AvgIpc) is 2.04. The highest BCUT2D eigenvalue weighted by Gasteiger charge is 2.18. The Balaban J connectivity index is 3.38. The van der Waals surface area contributed by atoms with Crippen molar-refractivity contribution >= 4 is 33.2 Å². The number of rotatable bonds is 2. The molecule has 1 aromatic carbocycles. The van der Waals surface area contributed by atoms with E-state index in [1.54, 1.807) is 19.1 Å². The molecule has 1 rings (SSSR count). The Morgan fingerprint density at radius 1 is 1.62 bits per heavy atom. The van der Waals surface area contributed by atoms with E-state index in [0.717, 1.165) is 5.56 Å². The molecule has 0 spiro atoms. The van der Waals surface area contributed by atoms with Crippen LogP contribution < -0.4 is 0 Å². The third-order valence-electron chi connectivity index (χ3n) is 1.72. The summed E-state index contributed by atoms with van der Waals surface area (Å²) in [6.07, 6.45) is 0. The van der Waals surface area contributed by atoms with Gasteiger partial charge < -0.3 is 0 Å². The lowest BCUT2D eigenvalue weighted by molar-refractivity contribution is -0.385. The molecule has 0 atom stereocenters. The molecule has 70 valence electrons. The van der Waals surface area contributed by atoms with Crippen molar-refractivity contribution in [3.8, 4) is 0 Å². The monoisotopic (exact) mass is 263 g/mol. The van der Waals surface area contributed by atoms with Crippen LogP contribution in [0.4, 0.5) is 5.69 Å². The zero-order chi connectivity index (χ0) is 10.0. The van der Waals surface area contributed by atoms with Crippen molar-refractivity contribution in [2.45, 2.75) is 12.3 Å². The van der Waals surface area contributed by atoms with Gasteiger partial charge in [-0.1, -0.05) is 39.7 Å². The molecule has 0 unspecified atom stereocenters. The van der Waals surface area contributed by atoms with Crippen molar-refractivity contribution in [2.24, 2.45) is 0 Å². The highest BCUT2D eigenvalue weighted by atomic mass is 79.9. The maximum atomic E-state index is 10.6. The Morgan fingerprint density at radius 3 is 2.69 bits per heavy atom. The minimum atomic E-state index is -0.455. The molecule has 1 aromatic rings. The number of alkyl halides is 1. The fourth-order valence-electron chi connectivity index (χ4n) is 1.03. The minimum Gasteiger partial charge on any atom is -0.258 e. The van der Waals surface area contributed by atoms with Gasteiger partial charge in [-0.3, -0.25) is 10.1 Å². The van der Waals surface area contributed by atoms with Crippen LogP contribution in [0.5, 0.6) is 0 Å². The summed E-state index contributed by atoms with van der Waals surface area (Å²) in [7, 11) is 0. The first-order chi connectivity index (χ1) is 6.07. The van der Waals surface area contributed by atoms with Crippen LogP contribution in [0.15, 0.2) is 12.1 Å². The van der Waals surface area contributed by atoms with E-state index in [9.17, 15) is 10.1 Å². The van der Waals surface area contributed by atoms with E-state index in [-0.39, 0.29) is 10.7 Å². The molecule has 0 aliphatic rings. The minimum absolute atomic E-state index is 0.00128. The van der Waals surface area contributed by atoms with Gasteiger partial charge in [0.25, 0.3) is 5.69 Å². The van der Waals surface area contributed by atoms with Gasteiger partial charge in [0, 0.05) is 10.9 Å². The number of nitro groups is 1. The lowest BCUT2D eigenvalue weighted by Gasteiger charge is -2.03. The molecule has 0 radical (unpaired) electrons. The van der Waals surface area contributed by atoms with Gasteiger partial charge in [-0.25, -0.2) is 0 Å². The van der Waals surface area contributed by atoms with Crippen molar-refractivity contribution < 1.29 is 4.92 Å². The molecule has 0 N–H and O–H groups in total. The SMILES string of the molecule is Cc1ccc(CBr)c(Cl)c1[N+](=O)[O-]. The summed E-state index contributed by atoms with van der Waals surface area (Å²) in [4.78, 5) is 10.2. The number of nitrogens with zero attached hydrogens (tertiary/aromatic N) is 1. The van der Waals surface area contributed by atoms with Gasteiger partial charge in [-0.05, 0) is 12.5 Å². The third kappa shape index (κ3) is 2.00. The smallest absolute Gasteiger partial charge is 0.258 e. The molecule has 5 heteroatoms. The predicted octanol–water partition coefficient (Wildman–Crippen LogP) is 3.45. The van der Waals surface area contributed by atoms with Gasteiger partial charge >= 0.3 is 0 Å². The van der Waals surface area contributed by atoms with Crippen LogP contribution in [-0.2, 0) is 5.33 Å². The van der Waals surface area contributed by atoms with E-state index in [4.69, 9.17) is 11.6 Å². The zero-order valence-corrected chi connectivity index (χ0v) is 9.22. The molecule has 3 nitrogen and oxygen atoms in total. The lowest BCUT2D eigenvalue weighted by atomic mass is 10.1. The standard InChI is InChI=1S/C8H7BrClNO2/c1-5-2-3-6(4-9)7(10)8(5)11(12)13/h2-3H,4H2,1H3. The number of hydrogen-bond donors (Lipinski definition) is 0. The van der Waals surface area contributed by atoms with Crippen molar-refractivity contribution in [3.05, 3.63) is 38.4 Å². The van der Waals surface area contributed by atoms with E-state index >= 15 is 0 Å². The summed E-state index contributed by atoms with van der Waals surface area (Å²) in [6.45, 7) is 1.67. The zero-order valence-electron chi connectivity index (χ0n) is 6.88. The Kier molecular flexibility index (Phi) is 3.27. The van der Waals surface area contributed by atoms with Gasteiger partial charge in [0.15, 0.2) is 0 Å². The number of hydrogen-bond acceptors (Lipinski definition) is 2. The van der Waals surface area contributed by atoms with E-state index in [2.05, 4.69) is 15.9 Å². The fourth-order valence-corrected chi connectivity index (χ4v) is 2.01. The molecule has 0 saturated heterocycles. The van der Waals surface area contributed by atoms with E-state index < -0.39 is 4.92 Å². The largest absolute Gasteiger partial charge is 0.291 e. The Hall–Kier alpha value is -0.610. The van der Waals surface area contributed by atoms with Gasteiger partial charge in [-0.2, -0.15) is 0 Å². The summed E-state index contributed by atoms with van der Waals surface area (Å²) >= 11 is 9.05. The molecular weight excluding hydrogens is 257 g/mol. The number of aryl methyl sites for hydroxylation is 1. The molecule has 0 fully saturated rings. The molecular formula is C8H7BrClNO2. The second-order valence-corrected chi connectivity index (χ2v) is 3.53. The first kappa shape index (κ1) is 10.5. The normalized spacial score (nSPS) is 10.1. The van der Waals surface area contributed by atoms with Crippen molar-refractivity contribution in [2.75, 3.05) is 0 Å². The number of benzene rings is 1.